The summed E-state index contributed by atoms with van der Waals surface area (Å²) in [6.07, 6.45) is 12.5. The molecule has 0 radical (unpaired) electrons. The lowest BCUT2D eigenvalue weighted by Crippen LogP contribution is -2.46. The van der Waals surface area contributed by atoms with E-state index in [9.17, 15) is 4.79 Å². The van der Waals surface area contributed by atoms with Crippen LogP contribution in [0.4, 0.5) is 0 Å². The Morgan fingerprint density at radius 3 is 2.83 bits per heavy atom. The molecule has 1 saturated carbocycles. The molecule has 1 unspecified atom stereocenters. The number of amides is 1. The van der Waals surface area contributed by atoms with Gasteiger partial charge in [-0.25, -0.2) is 0 Å². The molecule has 1 aromatic heterocycles. The molecular weight excluding hydrogens is 312 g/mol. The summed E-state index contributed by atoms with van der Waals surface area (Å²) < 4.78 is 5.14. The van der Waals surface area contributed by atoms with Gasteiger partial charge in [0, 0.05) is 11.1 Å². The maximum absolute atomic E-state index is 12.1. The van der Waals surface area contributed by atoms with Crippen LogP contribution in [-0.2, 0) is 0 Å². The molecule has 4 nitrogen and oxygen atoms in total. The summed E-state index contributed by atoms with van der Waals surface area (Å²) in [7, 11) is 0. The highest BCUT2D eigenvalue weighted by molar-refractivity contribution is 6.29. The van der Waals surface area contributed by atoms with Crippen molar-refractivity contribution in [2.24, 2.45) is 17.1 Å². The van der Waals surface area contributed by atoms with Gasteiger partial charge < -0.3 is 15.5 Å². The van der Waals surface area contributed by atoms with Gasteiger partial charge in [0.25, 0.3) is 5.91 Å². The Morgan fingerprint density at radius 2 is 2.22 bits per heavy atom. The zero-order valence-electron chi connectivity index (χ0n) is 13.1. The Hall–Kier alpha value is -1.52. The number of nitrogens with one attached hydrogen (secondary N) is 1. The van der Waals surface area contributed by atoms with Crippen molar-refractivity contribution in [1.82, 2.24) is 5.32 Å². The van der Waals surface area contributed by atoms with E-state index in [0.717, 1.165) is 37.1 Å². The SMILES string of the molecule is NCC1(C2C=CC=C(Cl)C2)CCC(NC(=O)c2ccco2)CC1. The summed E-state index contributed by atoms with van der Waals surface area (Å²) in [4.78, 5) is 12.1. The molecule has 2 aliphatic rings. The van der Waals surface area contributed by atoms with Crippen LogP contribution in [0, 0.1) is 11.3 Å². The third-order valence-electron chi connectivity index (χ3n) is 5.29. The Kier molecular flexibility index (Phi) is 4.93. The first-order valence-electron chi connectivity index (χ1n) is 8.20. The number of hydrogen-bond donors (Lipinski definition) is 2. The molecule has 0 aliphatic heterocycles. The van der Waals surface area contributed by atoms with Crippen LogP contribution >= 0.6 is 11.6 Å². The third kappa shape index (κ3) is 3.54. The van der Waals surface area contributed by atoms with Crippen LogP contribution in [0.3, 0.4) is 0 Å². The first-order valence-corrected chi connectivity index (χ1v) is 8.58. The number of hydrogen-bond acceptors (Lipinski definition) is 3. The van der Waals surface area contributed by atoms with Crippen LogP contribution in [0.15, 0.2) is 46.1 Å². The lowest BCUT2D eigenvalue weighted by molar-refractivity contribution is 0.0829. The Morgan fingerprint density at radius 1 is 1.43 bits per heavy atom. The third-order valence-corrected chi connectivity index (χ3v) is 5.57. The second-order valence-electron chi connectivity index (χ2n) is 6.60. The molecule has 1 fully saturated rings. The number of allylic oxidation sites excluding steroid dienone is 4. The lowest BCUT2D eigenvalue weighted by Gasteiger charge is -2.44. The molecule has 5 heteroatoms. The summed E-state index contributed by atoms with van der Waals surface area (Å²) >= 11 is 6.21. The van der Waals surface area contributed by atoms with E-state index >= 15 is 0 Å². The normalized spacial score (nSPS) is 30.8. The van der Waals surface area contributed by atoms with Crippen molar-refractivity contribution < 1.29 is 9.21 Å². The van der Waals surface area contributed by atoms with E-state index in [0.29, 0.717) is 18.2 Å². The van der Waals surface area contributed by atoms with E-state index < -0.39 is 0 Å². The summed E-state index contributed by atoms with van der Waals surface area (Å²) in [6.45, 7) is 0.658. The van der Waals surface area contributed by atoms with E-state index in [2.05, 4.69) is 11.4 Å². The van der Waals surface area contributed by atoms with Crippen LogP contribution in [0.1, 0.15) is 42.7 Å². The monoisotopic (exact) mass is 334 g/mol. The molecule has 1 aromatic rings. The topological polar surface area (TPSA) is 68.3 Å². The summed E-state index contributed by atoms with van der Waals surface area (Å²) in [5, 5.41) is 3.97. The Bertz CT molecular complexity index is 599. The van der Waals surface area contributed by atoms with Crippen molar-refractivity contribution >= 4 is 17.5 Å². The first-order chi connectivity index (χ1) is 11.1. The minimum absolute atomic E-state index is 0.0941. The largest absolute Gasteiger partial charge is 0.459 e. The molecule has 0 aromatic carbocycles. The zero-order chi connectivity index (χ0) is 16.3. The molecule has 0 spiro atoms. The maximum Gasteiger partial charge on any atom is 0.287 e. The molecule has 1 atom stereocenters. The molecule has 0 bridgehead atoms. The van der Waals surface area contributed by atoms with E-state index in [1.54, 1.807) is 12.1 Å². The van der Waals surface area contributed by atoms with E-state index in [-0.39, 0.29) is 17.4 Å². The number of halogens is 1. The smallest absolute Gasteiger partial charge is 0.287 e. The second-order valence-corrected chi connectivity index (χ2v) is 7.09. The van der Waals surface area contributed by atoms with E-state index in [4.69, 9.17) is 21.8 Å². The van der Waals surface area contributed by atoms with Crippen molar-refractivity contribution in [2.45, 2.75) is 38.1 Å². The van der Waals surface area contributed by atoms with Crippen LogP contribution in [0.5, 0.6) is 0 Å². The standard InChI is InChI=1S/C18H23ClN2O2/c19-14-4-1-3-13(11-14)18(12-20)8-6-15(7-9-18)21-17(22)16-5-2-10-23-16/h1-5,10,13,15H,6-9,11-12,20H2,(H,21,22). The van der Waals surface area contributed by atoms with Crippen molar-refractivity contribution in [3.05, 3.63) is 47.4 Å². The molecular formula is C18H23ClN2O2. The van der Waals surface area contributed by atoms with Gasteiger partial charge >= 0.3 is 0 Å². The van der Waals surface area contributed by atoms with Crippen molar-refractivity contribution in [1.29, 1.82) is 0 Å². The van der Waals surface area contributed by atoms with E-state index in [1.165, 1.54) is 6.26 Å². The maximum atomic E-state index is 12.1. The van der Waals surface area contributed by atoms with Crippen LogP contribution in [0.2, 0.25) is 0 Å². The highest BCUT2D eigenvalue weighted by Gasteiger charge is 2.40. The molecule has 2 aliphatic carbocycles. The van der Waals surface area contributed by atoms with Crippen LogP contribution < -0.4 is 11.1 Å². The lowest BCUT2D eigenvalue weighted by atomic mass is 9.63. The van der Waals surface area contributed by atoms with Crippen LogP contribution in [0.25, 0.3) is 0 Å². The summed E-state index contributed by atoms with van der Waals surface area (Å²) in [5.74, 6) is 0.628. The van der Waals surface area contributed by atoms with E-state index in [1.807, 2.05) is 12.2 Å². The molecule has 124 valence electrons. The fourth-order valence-corrected chi connectivity index (χ4v) is 4.03. The van der Waals surface area contributed by atoms with Crippen molar-refractivity contribution in [3.63, 3.8) is 0 Å². The quantitative estimate of drug-likeness (QED) is 0.884. The number of rotatable bonds is 4. The average Bonchev–Trinajstić information content (AvgIpc) is 3.10. The first kappa shape index (κ1) is 16.3. The molecule has 23 heavy (non-hydrogen) atoms. The van der Waals surface area contributed by atoms with Gasteiger partial charge in [-0.15, -0.1) is 0 Å². The van der Waals surface area contributed by atoms with Gasteiger partial charge in [-0.05, 0) is 68.2 Å². The average molecular weight is 335 g/mol. The van der Waals surface area contributed by atoms with Gasteiger partial charge in [-0.2, -0.15) is 0 Å². The number of nitrogens with two attached hydrogens (primary N) is 1. The van der Waals surface area contributed by atoms with Crippen molar-refractivity contribution in [3.8, 4) is 0 Å². The Labute approximate surface area is 141 Å². The van der Waals surface area contributed by atoms with Crippen LogP contribution in [-0.4, -0.2) is 18.5 Å². The van der Waals surface area contributed by atoms with Gasteiger partial charge in [0.1, 0.15) is 0 Å². The predicted octanol–water partition coefficient (Wildman–Crippen LogP) is 3.60. The minimum atomic E-state index is -0.135. The molecule has 0 saturated heterocycles. The summed E-state index contributed by atoms with van der Waals surface area (Å²) in [6, 6.07) is 3.59. The fraction of sp³-hybridized carbons (Fsp3) is 0.500. The summed E-state index contributed by atoms with van der Waals surface area (Å²) in [5.41, 5.74) is 6.23. The van der Waals surface area contributed by atoms with Crippen molar-refractivity contribution in [2.75, 3.05) is 6.54 Å². The van der Waals surface area contributed by atoms with Gasteiger partial charge in [0.15, 0.2) is 5.76 Å². The number of carbonyl (C=O) groups is 1. The molecule has 1 heterocycles. The highest BCUT2D eigenvalue weighted by Crippen LogP contribution is 2.46. The fourth-order valence-electron chi connectivity index (χ4n) is 3.79. The molecule has 3 rings (SSSR count). The van der Waals surface area contributed by atoms with Gasteiger partial charge in [-0.1, -0.05) is 23.8 Å². The Balaban J connectivity index is 1.59. The second kappa shape index (κ2) is 6.93. The van der Waals surface area contributed by atoms with Gasteiger partial charge in [-0.3, -0.25) is 4.79 Å². The predicted molar refractivity (Wildman–Crippen MR) is 91.1 cm³/mol. The van der Waals surface area contributed by atoms with Gasteiger partial charge in [0.2, 0.25) is 0 Å². The molecule has 1 amide bonds. The number of furan rings is 1. The van der Waals surface area contributed by atoms with Gasteiger partial charge in [0.05, 0.1) is 6.26 Å². The highest BCUT2D eigenvalue weighted by atomic mass is 35.5. The minimum Gasteiger partial charge on any atom is -0.459 e. The zero-order valence-corrected chi connectivity index (χ0v) is 13.9. The number of carbonyl (C=O) groups excluding carboxylic acids is 1. The molecule has 3 N–H and O–H groups in total.